The van der Waals surface area contributed by atoms with Crippen LogP contribution in [0, 0.1) is 6.92 Å². The van der Waals surface area contributed by atoms with Crippen molar-refractivity contribution in [1.82, 2.24) is 20.1 Å². The lowest BCUT2D eigenvalue weighted by molar-refractivity contribution is -0.274. The number of urea groups is 1. The number of thioether (sulfide) groups is 1. The van der Waals surface area contributed by atoms with Gasteiger partial charge >= 0.3 is 12.4 Å². The number of benzene rings is 3. The Morgan fingerprint density at radius 2 is 1.81 bits per heavy atom. The summed E-state index contributed by atoms with van der Waals surface area (Å²) in [5.41, 5.74) is 5.19. The molecule has 1 aliphatic heterocycles. The fourth-order valence-corrected chi connectivity index (χ4v) is 6.88. The number of hydrogen-bond donors (Lipinski definition) is 1. The van der Waals surface area contributed by atoms with Crippen LogP contribution in [0.4, 0.5) is 23.7 Å². The maximum absolute atomic E-state index is 13.2. The van der Waals surface area contributed by atoms with E-state index in [2.05, 4.69) is 39.0 Å². The maximum Gasteiger partial charge on any atom is 0.573 e. The average molecular weight is 663 g/mol. The molecule has 1 aliphatic carbocycles. The van der Waals surface area contributed by atoms with E-state index in [1.54, 1.807) is 4.90 Å². The third-order valence-electron chi connectivity index (χ3n) is 8.26. The van der Waals surface area contributed by atoms with Gasteiger partial charge < -0.3 is 10.1 Å². The summed E-state index contributed by atoms with van der Waals surface area (Å²) in [5.74, 6) is 0.560. The number of rotatable bonds is 7. The molecule has 244 valence electrons. The number of alkyl halides is 3. The van der Waals surface area contributed by atoms with Gasteiger partial charge in [-0.3, -0.25) is 9.69 Å². The largest absolute Gasteiger partial charge is 0.573 e. The number of halogens is 3. The van der Waals surface area contributed by atoms with Crippen molar-refractivity contribution in [1.29, 1.82) is 0 Å². The van der Waals surface area contributed by atoms with Crippen LogP contribution in [0.25, 0.3) is 17.1 Å². The molecule has 1 aromatic heterocycles. The van der Waals surface area contributed by atoms with Crippen LogP contribution in [-0.2, 0) is 4.79 Å². The summed E-state index contributed by atoms with van der Waals surface area (Å²) in [6.07, 6.45) is -0.598. The Balaban J connectivity index is 1.13. The van der Waals surface area contributed by atoms with Crippen LogP contribution < -0.4 is 15.0 Å². The van der Waals surface area contributed by atoms with Crippen molar-refractivity contribution in [3.63, 3.8) is 0 Å². The Morgan fingerprint density at radius 3 is 2.51 bits per heavy atom. The summed E-state index contributed by atoms with van der Waals surface area (Å²) in [5, 5.41) is 7.96. The summed E-state index contributed by atoms with van der Waals surface area (Å²) in [6.45, 7) is 6.12. The molecule has 13 heteroatoms. The number of hydrogen-bond acceptors (Lipinski definition) is 6. The van der Waals surface area contributed by atoms with Crippen LogP contribution in [0.2, 0.25) is 0 Å². The number of carbonyl (C=O) groups is 2. The monoisotopic (exact) mass is 662 g/mol. The van der Waals surface area contributed by atoms with Gasteiger partial charge in [0, 0.05) is 17.5 Å². The molecule has 1 N–H and O–H groups in total. The summed E-state index contributed by atoms with van der Waals surface area (Å²) in [4.78, 5) is 36.5. The van der Waals surface area contributed by atoms with Crippen LogP contribution in [0.3, 0.4) is 0 Å². The van der Waals surface area contributed by atoms with Gasteiger partial charge in [-0.15, -0.1) is 18.3 Å². The lowest BCUT2D eigenvalue weighted by Gasteiger charge is -2.23. The SMILES string of the molecule is Cc1ccc(C(C)C)c(N2C(=O)CS/C2=N\C(=O)NC2CCCC2c2ccc(-c3ncn(-c4ccc(OC(F)(F)F)cc4)n3)cc2)c1. The van der Waals surface area contributed by atoms with E-state index in [0.717, 1.165) is 47.2 Å². The maximum atomic E-state index is 13.2. The van der Waals surface area contributed by atoms with Gasteiger partial charge in [-0.25, -0.2) is 14.5 Å². The second-order valence-electron chi connectivity index (χ2n) is 11.9. The van der Waals surface area contributed by atoms with Gasteiger partial charge in [0.2, 0.25) is 5.91 Å². The summed E-state index contributed by atoms with van der Waals surface area (Å²) in [6, 6.07) is 18.6. The first-order chi connectivity index (χ1) is 22.4. The highest BCUT2D eigenvalue weighted by Crippen LogP contribution is 2.37. The molecule has 1 saturated carbocycles. The summed E-state index contributed by atoms with van der Waals surface area (Å²) < 4.78 is 42.8. The molecule has 3 aromatic carbocycles. The zero-order valence-corrected chi connectivity index (χ0v) is 26.8. The Bertz CT molecular complexity index is 1810. The fourth-order valence-electron chi connectivity index (χ4n) is 6.03. The van der Waals surface area contributed by atoms with Gasteiger partial charge in [-0.05, 0) is 72.7 Å². The van der Waals surface area contributed by atoms with E-state index in [-0.39, 0.29) is 35.3 Å². The van der Waals surface area contributed by atoms with Crippen LogP contribution in [-0.4, -0.2) is 50.0 Å². The molecule has 4 aromatic rings. The van der Waals surface area contributed by atoms with Crippen molar-refractivity contribution in [3.05, 3.63) is 89.7 Å². The number of aryl methyl sites for hydroxylation is 1. The smallest absolute Gasteiger partial charge is 0.406 e. The molecule has 47 heavy (non-hydrogen) atoms. The van der Waals surface area contributed by atoms with Crippen molar-refractivity contribution in [2.24, 2.45) is 4.99 Å². The molecule has 2 atom stereocenters. The number of aromatic nitrogens is 3. The molecule has 3 amide bonds. The van der Waals surface area contributed by atoms with Gasteiger partial charge in [0.15, 0.2) is 11.0 Å². The Hall–Kier alpha value is -4.65. The minimum absolute atomic E-state index is 0.0921. The van der Waals surface area contributed by atoms with Crippen molar-refractivity contribution in [3.8, 4) is 22.8 Å². The van der Waals surface area contributed by atoms with Crippen LogP contribution in [0.15, 0.2) is 78.0 Å². The lowest BCUT2D eigenvalue weighted by atomic mass is 9.93. The van der Waals surface area contributed by atoms with Gasteiger partial charge in [0.05, 0.1) is 17.1 Å². The summed E-state index contributed by atoms with van der Waals surface area (Å²) in [7, 11) is 0. The summed E-state index contributed by atoms with van der Waals surface area (Å²) >= 11 is 1.27. The molecule has 2 heterocycles. The van der Waals surface area contributed by atoms with Crippen molar-refractivity contribution >= 4 is 34.6 Å². The van der Waals surface area contributed by atoms with Crippen molar-refractivity contribution in [2.75, 3.05) is 10.7 Å². The minimum atomic E-state index is -4.76. The number of ether oxygens (including phenoxy) is 1. The number of aliphatic imine (C=N–C) groups is 1. The molecule has 0 bridgehead atoms. The molecule has 2 aliphatic rings. The van der Waals surface area contributed by atoms with Crippen molar-refractivity contribution < 1.29 is 27.5 Å². The van der Waals surface area contributed by atoms with Crippen LogP contribution >= 0.6 is 11.8 Å². The second-order valence-corrected chi connectivity index (χ2v) is 12.8. The number of amidine groups is 1. The number of nitrogens with one attached hydrogen (secondary N) is 1. The standard InChI is InChI=1S/C34H33F3N6O3S/c1-20(2)26-16-7-21(3)17-29(26)43-30(44)18-47-33(43)40-32(45)39-28-6-4-5-27(28)22-8-10-23(11-9-22)31-38-19-42(41-31)24-12-14-25(15-13-24)46-34(35,36)37/h7-17,19-20,27-28H,4-6,18H2,1-3H3,(H,39,45)/b40-33-. The van der Waals surface area contributed by atoms with Crippen LogP contribution in [0.5, 0.6) is 5.75 Å². The Kier molecular flexibility index (Phi) is 9.09. The highest BCUT2D eigenvalue weighted by molar-refractivity contribution is 8.15. The van der Waals surface area contributed by atoms with E-state index < -0.39 is 12.4 Å². The molecule has 9 nitrogen and oxygen atoms in total. The number of amides is 3. The van der Waals surface area contributed by atoms with E-state index in [1.807, 2.05) is 49.4 Å². The quantitative estimate of drug-likeness (QED) is 0.217. The first-order valence-electron chi connectivity index (χ1n) is 15.3. The molecule has 0 radical (unpaired) electrons. The first kappa shape index (κ1) is 32.3. The normalized spacial score (nSPS) is 19.2. The highest BCUT2D eigenvalue weighted by Gasteiger charge is 2.34. The third-order valence-corrected chi connectivity index (χ3v) is 9.18. The highest BCUT2D eigenvalue weighted by atomic mass is 32.2. The van der Waals surface area contributed by atoms with E-state index >= 15 is 0 Å². The van der Waals surface area contributed by atoms with Crippen LogP contribution in [0.1, 0.15) is 61.6 Å². The predicted molar refractivity (Wildman–Crippen MR) is 175 cm³/mol. The predicted octanol–water partition coefficient (Wildman–Crippen LogP) is 7.75. The van der Waals surface area contributed by atoms with Gasteiger partial charge in [-0.2, -0.15) is 4.99 Å². The molecular weight excluding hydrogens is 629 g/mol. The molecule has 0 spiro atoms. The fraction of sp³-hybridized carbons (Fsp3) is 0.324. The first-order valence-corrected chi connectivity index (χ1v) is 16.3. The van der Waals surface area contributed by atoms with E-state index in [0.29, 0.717) is 16.7 Å². The van der Waals surface area contributed by atoms with Gasteiger partial charge in [0.25, 0.3) is 0 Å². The zero-order chi connectivity index (χ0) is 33.3. The lowest BCUT2D eigenvalue weighted by Crippen LogP contribution is -2.37. The van der Waals surface area contributed by atoms with E-state index in [4.69, 9.17) is 0 Å². The number of carbonyl (C=O) groups excluding carboxylic acids is 2. The number of anilines is 1. The van der Waals surface area contributed by atoms with Gasteiger partial charge in [-0.1, -0.05) is 68.4 Å². The molecule has 2 fully saturated rings. The van der Waals surface area contributed by atoms with Crippen molar-refractivity contribution in [2.45, 2.75) is 64.3 Å². The topological polar surface area (TPSA) is 102 Å². The molecule has 1 saturated heterocycles. The molecular formula is C34H33F3N6O3S. The molecule has 2 unspecified atom stereocenters. The zero-order valence-electron chi connectivity index (χ0n) is 26.0. The Morgan fingerprint density at radius 1 is 1.06 bits per heavy atom. The molecule has 6 rings (SSSR count). The van der Waals surface area contributed by atoms with Gasteiger partial charge in [0.1, 0.15) is 12.1 Å². The van der Waals surface area contributed by atoms with E-state index in [9.17, 15) is 22.8 Å². The average Bonchev–Trinajstić information content (AvgIpc) is 3.77. The third kappa shape index (κ3) is 7.35. The second kappa shape index (κ2) is 13.2. The van der Waals surface area contributed by atoms with E-state index in [1.165, 1.54) is 47.0 Å². The minimum Gasteiger partial charge on any atom is -0.406 e. The Labute approximate surface area is 274 Å². The number of nitrogens with zero attached hydrogens (tertiary/aromatic N) is 5.